The predicted octanol–water partition coefficient (Wildman–Crippen LogP) is 6.66. The minimum Gasteiger partial charge on any atom is -0.497 e. The number of nitrogens with zero attached hydrogens (tertiary/aromatic N) is 2. The molecule has 0 saturated carbocycles. The van der Waals surface area contributed by atoms with E-state index in [0.717, 1.165) is 52.3 Å². The fourth-order valence-corrected chi connectivity index (χ4v) is 4.67. The number of aromatic amines is 1. The van der Waals surface area contributed by atoms with Crippen molar-refractivity contribution >= 4 is 17.5 Å². The molecule has 1 aliphatic rings. The van der Waals surface area contributed by atoms with Crippen molar-refractivity contribution in [2.75, 3.05) is 13.7 Å². The largest absolute Gasteiger partial charge is 0.497 e. The highest BCUT2D eigenvalue weighted by atomic mass is 35.5. The summed E-state index contributed by atoms with van der Waals surface area (Å²) in [7, 11) is 1.64. The molecule has 36 heavy (non-hydrogen) atoms. The summed E-state index contributed by atoms with van der Waals surface area (Å²) in [5, 5.41) is 8.20. The lowest BCUT2D eigenvalue weighted by atomic mass is 9.96. The van der Waals surface area contributed by atoms with Crippen LogP contribution in [0.2, 0.25) is 5.02 Å². The summed E-state index contributed by atoms with van der Waals surface area (Å²) in [4.78, 5) is 15.5. The summed E-state index contributed by atoms with van der Waals surface area (Å²) in [6.07, 6.45) is 2.09. The van der Waals surface area contributed by atoms with E-state index < -0.39 is 0 Å². The smallest absolute Gasteiger partial charge is 0.273 e. The molecule has 0 saturated heterocycles. The van der Waals surface area contributed by atoms with Crippen LogP contribution in [0.5, 0.6) is 11.5 Å². The van der Waals surface area contributed by atoms with Crippen molar-refractivity contribution in [3.05, 3.63) is 100 Å². The number of rotatable bonds is 9. The summed E-state index contributed by atoms with van der Waals surface area (Å²) in [5.74, 6) is 1.52. The van der Waals surface area contributed by atoms with E-state index in [4.69, 9.17) is 21.1 Å². The fraction of sp³-hybridized carbons (Fsp3) is 0.241. The van der Waals surface area contributed by atoms with E-state index in [0.29, 0.717) is 23.9 Å². The van der Waals surface area contributed by atoms with Crippen LogP contribution in [-0.4, -0.2) is 34.7 Å². The molecule has 1 unspecified atom stereocenters. The highest BCUT2D eigenvalue weighted by molar-refractivity contribution is 6.30. The van der Waals surface area contributed by atoms with Crippen LogP contribution in [0.4, 0.5) is 0 Å². The normalized spacial score (nSPS) is 14.7. The van der Waals surface area contributed by atoms with Crippen molar-refractivity contribution in [3.63, 3.8) is 0 Å². The van der Waals surface area contributed by atoms with E-state index in [1.165, 1.54) is 0 Å². The van der Waals surface area contributed by atoms with E-state index in [1.807, 2.05) is 77.7 Å². The zero-order valence-electron chi connectivity index (χ0n) is 20.3. The number of benzene rings is 3. The topological polar surface area (TPSA) is 67.5 Å². The van der Waals surface area contributed by atoms with E-state index in [-0.39, 0.29) is 11.9 Å². The molecule has 0 radical (unpaired) electrons. The van der Waals surface area contributed by atoms with Gasteiger partial charge in [0.05, 0.1) is 25.5 Å². The van der Waals surface area contributed by atoms with Crippen LogP contribution in [0.3, 0.4) is 0 Å². The number of H-pyrrole nitrogens is 1. The Hall–Kier alpha value is -3.77. The molecule has 5 rings (SSSR count). The van der Waals surface area contributed by atoms with Gasteiger partial charge in [-0.05, 0) is 53.9 Å². The minimum absolute atomic E-state index is 0.0817. The van der Waals surface area contributed by atoms with Gasteiger partial charge in [-0.15, -0.1) is 0 Å². The molecule has 0 aliphatic carbocycles. The summed E-state index contributed by atoms with van der Waals surface area (Å²) in [6, 6.07) is 23.0. The summed E-state index contributed by atoms with van der Waals surface area (Å²) in [6.45, 7) is 3.28. The molecule has 2 heterocycles. The fourth-order valence-electron chi connectivity index (χ4n) is 4.54. The monoisotopic (exact) mass is 501 g/mol. The average molecular weight is 502 g/mol. The van der Waals surface area contributed by atoms with Gasteiger partial charge in [0.2, 0.25) is 0 Å². The number of aromatic nitrogens is 2. The van der Waals surface area contributed by atoms with E-state index in [9.17, 15) is 4.79 Å². The maximum Gasteiger partial charge on any atom is 0.273 e. The van der Waals surface area contributed by atoms with Crippen LogP contribution in [0.15, 0.2) is 72.8 Å². The number of carbonyl (C=O) groups is 1. The maximum absolute atomic E-state index is 13.6. The molecule has 1 aromatic heterocycles. The second-order valence-electron chi connectivity index (χ2n) is 8.82. The first-order chi connectivity index (χ1) is 17.6. The van der Waals surface area contributed by atoms with Crippen molar-refractivity contribution in [2.45, 2.75) is 32.4 Å². The number of hydrogen-bond donors (Lipinski definition) is 1. The Bertz CT molecular complexity index is 1330. The lowest BCUT2D eigenvalue weighted by Crippen LogP contribution is -2.29. The van der Waals surface area contributed by atoms with Crippen molar-refractivity contribution < 1.29 is 14.3 Å². The highest BCUT2D eigenvalue weighted by Gasteiger charge is 2.42. The molecule has 6 nitrogen and oxygen atoms in total. The first-order valence-electron chi connectivity index (χ1n) is 12.1. The highest BCUT2D eigenvalue weighted by Crippen LogP contribution is 2.44. The maximum atomic E-state index is 13.6. The molecule has 0 fully saturated rings. The van der Waals surface area contributed by atoms with E-state index in [1.54, 1.807) is 7.11 Å². The molecular formula is C29H28ClN3O3. The Balaban J connectivity index is 1.53. The zero-order chi connectivity index (χ0) is 25.1. The molecule has 4 aromatic rings. The lowest BCUT2D eigenvalue weighted by Gasteiger charge is -2.27. The van der Waals surface area contributed by atoms with Gasteiger partial charge in [-0.25, -0.2) is 0 Å². The molecule has 184 valence electrons. The predicted molar refractivity (Wildman–Crippen MR) is 141 cm³/mol. The van der Waals surface area contributed by atoms with Crippen molar-refractivity contribution in [1.82, 2.24) is 15.1 Å². The van der Waals surface area contributed by atoms with Crippen LogP contribution in [0, 0.1) is 0 Å². The van der Waals surface area contributed by atoms with Gasteiger partial charge in [0.1, 0.15) is 17.2 Å². The number of unbranched alkanes of at least 4 members (excludes halogenated alkanes) is 1. The van der Waals surface area contributed by atoms with Crippen LogP contribution >= 0.6 is 11.6 Å². The lowest BCUT2D eigenvalue weighted by molar-refractivity contribution is 0.0730. The summed E-state index contributed by atoms with van der Waals surface area (Å²) in [5.41, 5.74) is 5.05. The Morgan fingerprint density at radius 1 is 0.972 bits per heavy atom. The molecule has 1 aliphatic heterocycles. The average Bonchev–Trinajstić information content (AvgIpc) is 3.45. The number of amides is 1. The number of nitrogens with one attached hydrogen (secondary N) is 1. The SMILES string of the molecule is CCCCOc1ccc(C2c3c(-c4ccc(Cl)cc4)n[nH]c3C(=O)N2Cc2ccc(OC)cc2)cc1. The third kappa shape index (κ3) is 4.69. The van der Waals surface area contributed by atoms with Crippen LogP contribution < -0.4 is 9.47 Å². The van der Waals surface area contributed by atoms with Gasteiger partial charge in [0.25, 0.3) is 5.91 Å². The Morgan fingerprint density at radius 3 is 2.33 bits per heavy atom. The standard InChI is InChI=1S/C29H28ClN3O3/c1-3-4-17-36-24-15-9-21(10-16-24)28-25-26(20-7-11-22(30)12-8-20)31-32-27(25)29(34)33(28)18-19-5-13-23(35-2)14-6-19/h5-16,28H,3-4,17-18H2,1-2H3,(H,31,32). The van der Waals surface area contributed by atoms with Gasteiger partial charge in [0, 0.05) is 22.7 Å². The van der Waals surface area contributed by atoms with Crippen LogP contribution in [-0.2, 0) is 6.54 Å². The number of halogens is 1. The van der Waals surface area contributed by atoms with Gasteiger partial charge < -0.3 is 14.4 Å². The molecule has 1 amide bonds. The van der Waals surface area contributed by atoms with Crippen molar-refractivity contribution in [3.8, 4) is 22.8 Å². The summed E-state index contributed by atoms with van der Waals surface area (Å²) < 4.78 is 11.2. The number of fused-ring (bicyclic) bond motifs is 1. The molecule has 0 bridgehead atoms. The first-order valence-corrected chi connectivity index (χ1v) is 12.5. The van der Waals surface area contributed by atoms with Gasteiger partial charge in [-0.1, -0.05) is 61.3 Å². The van der Waals surface area contributed by atoms with Crippen molar-refractivity contribution in [1.29, 1.82) is 0 Å². The van der Waals surface area contributed by atoms with Gasteiger partial charge in [0.15, 0.2) is 0 Å². The Morgan fingerprint density at radius 2 is 1.67 bits per heavy atom. The molecule has 3 aromatic carbocycles. The van der Waals surface area contributed by atoms with Gasteiger partial charge in [-0.3, -0.25) is 9.89 Å². The Kier molecular flexibility index (Phi) is 6.96. The van der Waals surface area contributed by atoms with Gasteiger partial charge in [-0.2, -0.15) is 5.10 Å². The number of hydrogen-bond acceptors (Lipinski definition) is 4. The van der Waals surface area contributed by atoms with E-state index in [2.05, 4.69) is 17.1 Å². The number of carbonyl (C=O) groups excluding carboxylic acids is 1. The quantitative estimate of drug-likeness (QED) is 0.260. The molecule has 1 atom stereocenters. The number of ether oxygens (including phenoxy) is 2. The number of methoxy groups -OCH3 is 1. The molecule has 7 heteroatoms. The third-order valence-corrected chi connectivity index (χ3v) is 6.71. The zero-order valence-corrected chi connectivity index (χ0v) is 21.1. The molecular weight excluding hydrogens is 474 g/mol. The van der Waals surface area contributed by atoms with Crippen LogP contribution in [0.25, 0.3) is 11.3 Å². The van der Waals surface area contributed by atoms with Gasteiger partial charge >= 0.3 is 0 Å². The van der Waals surface area contributed by atoms with Crippen LogP contribution in [0.1, 0.15) is 53.0 Å². The second-order valence-corrected chi connectivity index (χ2v) is 9.26. The summed E-state index contributed by atoms with van der Waals surface area (Å²) >= 11 is 6.12. The minimum atomic E-state index is -0.302. The first kappa shape index (κ1) is 23.9. The van der Waals surface area contributed by atoms with Crippen molar-refractivity contribution in [2.24, 2.45) is 0 Å². The molecule has 1 N–H and O–H groups in total. The second kappa shape index (κ2) is 10.5. The Labute approximate surface area is 215 Å². The third-order valence-electron chi connectivity index (χ3n) is 6.46. The van der Waals surface area contributed by atoms with E-state index >= 15 is 0 Å². The molecule has 0 spiro atoms.